The molecule has 2 rings (SSSR count). The van der Waals surface area contributed by atoms with E-state index < -0.39 is 5.60 Å². The molecule has 1 N–H and O–H groups in total. The summed E-state index contributed by atoms with van der Waals surface area (Å²) in [4.78, 5) is 6.52. The molecule has 0 spiro atoms. The Morgan fingerprint density at radius 2 is 1.94 bits per heavy atom. The Labute approximate surface area is 116 Å². The molecule has 0 unspecified atom stereocenters. The fraction of sp³-hybridized carbons (Fsp3) is 0.357. The number of hydrogen-bond donors (Lipinski definition) is 1. The standard InChI is InChI=1S/C14H17NOS2/c1-10-4-6-11(7-5-10)17-9-13-15-8-12(18-13)14(2,3)16/h4-8,16H,9H2,1-3H3. The summed E-state index contributed by atoms with van der Waals surface area (Å²) in [7, 11) is 0. The Morgan fingerprint density at radius 1 is 1.28 bits per heavy atom. The SMILES string of the molecule is Cc1ccc(SCc2ncc(C(C)(C)O)s2)cc1. The van der Waals surface area contributed by atoms with E-state index in [9.17, 15) is 5.11 Å². The zero-order valence-electron chi connectivity index (χ0n) is 10.8. The molecule has 0 amide bonds. The summed E-state index contributed by atoms with van der Waals surface area (Å²) in [6.07, 6.45) is 1.77. The number of aliphatic hydroxyl groups is 1. The van der Waals surface area contributed by atoms with Gasteiger partial charge in [-0.15, -0.1) is 23.1 Å². The third kappa shape index (κ3) is 3.57. The van der Waals surface area contributed by atoms with Gasteiger partial charge in [0.15, 0.2) is 0 Å². The van der Waals surface area contributed by atoms with Gasteiger partial charge >= 0.3 is 0 Å². The normalized spacial score (nSPS) is 11.8. The summed E-state index contributed by atoms with van der Waals surface area (Å²) < 4.78 is 0. The van der Waals surface area contributed by atoms with Gasteiger partial charge in [-0.2, -0.15) is 0 Å². The zero-order chi connectivity index (χ0) is 13.2. The molecular formula is C14H17NOS2. The first-order valence-electron chi connectivity index (χ1n) is 5.82. The number of hydrogen-bond acceptors (Lipinski definition) is 4. The molecule has 0 atom stereocenters. The maximum Gasteiger partial charge on any atom is 0.103 e. The van der Waals surface area contributed by atoms with Crippen molar-refractivity contribution in [3.05, 3.63) is 45.9 Å². The number of aryl methyl sites for hydroxylation is 1. The zero-order valence-corrected chi connectivity index (χ0v) is 12.4. The maximum atomic E-state index is 9.88. The second-order valence-corrected chi connectivity index (χ2v) is 6.94. The predicted octanol–water partition coefficient (Wildman–Crippen LogP) is 3.97. The molecule has 0 saturated heterocycles. The fourth-order valence-electron chi connectivity index (χ4n) is 1.44. The predicted molar refractivity (Wildman–Crippen MR) is 78.1 cm³/mol. The molecular weight excluding hydrogens is 262 g/mol. The van der Waals surface area contributed by atoms with Crippen molar-refractivity contribution in [1.82, 2.24) is 4.98 Å². The molecule has 1 aromatic carbocycles. The number of thioether (sulfide) groups is 1. The first-order valence-corrected chi connectivity index (χ1v) is 7.62. The number of aromatic nitrogens is 1. The van der Waals surface area contributed by atoms with Crippen LogP contribution in [0.4, 0.5) is 0 Å². The van der Waals surface area contributed by atoms with E-state index in [1.807, 2.05) is 0 Å². The lowest BCUT2D eigenvalue weighted by Crippen LogP contribution is -2.12. The molecule has 0 aliphatic carbocycles. The van der Waals surface area contributed by atoms with Crippen LogP contribution in [0.15, 0.2) is 35.4 Å². The largest absolute Gasteiger partial charge is 0.385 e. The molecule has 0 bridgehead atoms. The van der Waals surface area contributed by atoms with E-state index in [1.54, 1.807) is 43.1 Å². The first-order chi connectivity index (χ1) is 8.45. The molecule has 2 aromatic rings. The van der Waals surface area contributed by atoms with Crippen LogP contribution >= 0.6 is 23.1 Å². The maximum absolute atomic E-state index is 9.88. The van der Waals surface area contributed by atoms with Crippen LogP contribution in [0.25, 0.3) is 0 Å². The minimum atomic E-state index is -0.787. The van der Waals surface area contributed by atoms with Crippen molar-refractivity contribution in [3.63, 3.8) is 0 Å². The molecule has 4 heteroatoms. The smallest absolute Gasteiger partial charge is 0.103 e. The molecule has 0 aliphatic rings. The summed E-state index contributed by atoms with van der Waals surface area (Å²) in [6.45, 7) is 5.67. The van der Waals surface area contributed by atoms with E-state index in [1.165, 1.54) is 10.5 Å². The topological polar surface area (TPSA) is 33.1 Å². The van der Waals surface area contributed by atoms with Crippen LogP contribution in [0.2, 0.25) is 0 Å². The Kier molecular flexibility index (Phi) is 4.10. The average Bonchev–Trinajstić information content (AvgIpc) is 2.77. The van der Waals surface area contributed by atoms with E-state index in [4.69, 9.17) is 0 Å². The van der Waals surface area contributed by atoms with Gasteiger partial charge in [0, 0.05) is 11.1 Å². The highest BCUT2D eigenvalue weighted by Gasteiger charge is 2.19. The molecule has 18 heavy (non-hydrogen) atoms. The van der Waals surface area contributed by atoms with E-state index in [2.05, 4.69) is 36.2 Å². The van der Waals surface area contributed by atoms with Crippen molar-refractivity contribution in [3.8, 4) is 0 Å². The Bertz CT molecular complexity index is 511. The summed E-state index contributed by atoms with van der Waals surface area (Å²) in [5.41, 5.74) is 0.489. The third-order valence-corrected chi connectivity index (χ3v) is 5.06. The van der Waals surface area contributed by atoms with Crippen molar-refractivity contribution < 1.29 is 5.11 Å². The van der Waals surface area contributed by atoms with Crippen molar-refractivity contribution in [2.45, 2.75) is 37.0 Å². The minimum Gasteiger partial charge on any atom is -0.385 e. The molecule has 0 radical (unpaired) electrons. The second kappa shape index (κ2) is 5.43. The molecule has 1 heterocycles. The first kappa shape index (κ1) is 13.6. The average molecular weight is 279 g/mol. The summed E-state index contributed by atoms with van der Waals surface area (Å²) >= 11 is 3.35. The summed E-state index contributed by atoms with van der Waals surface area (Å²) in [5, 5.41) is 10.9. The summed E-state index contributed by atoms with van der Waals surface area (Å²) in [6, 6.07) is 8.49. The fourth-order valence-corrected chi connectivity index (χ4v) is 3.26. The van der Waals surface area contributed by atoms with Gasteiger partial charge in [-0.05, 0) is 32.9 Å². The molecule has 1 aromatic heterocycles. The highest BCUT2D eigenvalue weighted by atomic mass is 32.2. The van der Waals surface area contributed by atoms with Crippen LogP contribution in [0, 0.1) is 6.92 Å². The Morgan fingerprint density at radius 3 is 2.50 bits per heavy atom. The third-order valence-electron chi connectivity index (χ3n) is 2.54. The molecule has 0 fully saturated rings. The summed E-state index contributed by atoms with van der Waals surface area (Å²) in [5.74, 6) is 0.851. The van der Waals surface area contributed by atoms with Crippen LogP contribution in [-0.4, -0.2) is 10.1 Å². The van der Waals surface area contributed by atoms with E-state index >= 15 is 0 Å². The monoisotopic (exact) mass is 279 g/mol. The van der Waals surface area contributed by atoms with Gasteiger partial charge < -0.3 is 5.11 Å². The highest BCUT2D eigenvalue weighted by Crippen LogP contribution is 2.29. The van der Waals surface area contributed by atoms with Crippen molar-refractivity contribution in [2.24, 2.45) is 0 Å². The van der Waals surface area contributed by atoms with E-state index in [0.717, 1.165) is 15.6 Å². The van der Waals surface area contributed by atoms with Gasteiger partial charge in [-0.3, -0.25) is 0 Å². The Balaban J connectivity index is 1.98. The number of nitrogens with zero attached hydrogens (tertiary/aromatic N) is 1. The molecule has 2 nitrogen and oxygen atoms in total. The van der Waals surface area contributed by atoms with Gasteiger partial charge in [0.1, 0.15) is 5.01 Å². The molecule has 0 aliphatic heterocycles. The van der Waals surface area contributed by atoms with Crippen LogP contribution in [0.1, 0.15) is 29.3 Å². The van der Waals surface area contributed by atoms with Gasteiger partial charge in [0.25, 0.3) is 0 Å². The lowest BCUT2D eigenvalue weighted by molar-refractivity contribution is 0.0823. The number of thiazole rings is 1. The minimum absolute atomic E-state index is 0.787. The van der Waals surface area contributed by atoms with Crippen LogP contribution < -0.4 is 0 Å². The highest BCUT2D eigenvalue weighted by molar-refractivity contribution is 7.98. The van der Waals surface area contributed by atoms with Crippen LogP contribution in [0.3, 0.4) is 0 Å². The molecule has 96 valence electrons. The lowest BCUT2D eigenvalue weighted by atomic mass is 10.1. The van der Waals surface area contributed by atoms with Gasteiger partial charge in [-0.1, -0.05) is 17.7 Å². The van der Waals surface area contributed by atoms with Crippen molar-refractivity contribution >= 4 is 23.1 Å². The quantitative estimate of drug-likeness (QED) is 0.860. The van der Waals surface area contributed by atoms with Crippen LogP contribution in [-0.2, 0) is 11.4 Å². The molecule has 0 saturated carbocycles. The van der Waals surface area contributed by atoms with E-state index in [0.29, 0.717) is 0 Å². The van der Waals surface area contributed by atoms with Crippen molar-refractivity contribution in [1.29, 1.82) is 0 Å². The lowest BCUT2D eigenvalue weighted by Gasteiger charge is -2.13. The second-order valence-electron chi connectivity index (χ2n) is 4.78. The van der Waals surface area contributed by atoms with E-state index in [-0.39, 0.29) is 0 Å². The van der Waals surface area contributed by atoms with Gasteiger partial charge in [0.2, 0.25) is 0 Å². The number of benzene rings is 1. The van der Waals surface area contributed by atoms with Gasteiger partial charge in [-0.25, -0.2) is 4.98 Å². The van der Waals surface area contributed by atoms with Gasteiger partial charge in [0.05, 0.1) is 16.2 Å². The Hall–Kier alpha value is -0.840. The van der Waals surface area contributed by atoms with Crippen molar-refractivity contribution in [2.75, 3.05) is 0 Å². The van der Waals surface area contributed by atoms with Crippen LogP contribution in [0.5, 0.6) is 0 Å². The number of rotatable bonds is 4.